The van der Waals surface area contributed by atoms with Gasteiger partial charge in [0.15, 0.2) is 0 Å². The van der Waals surface area contributed by atoms with Gasteiger partial charge in [0, 0.05) is 60.0 Å². The molecule has 0 bridgehead atoms. The molecule has 1 spiro atoms. The maximum atomic E-state index is 9.25. The van der Waals surface area contributed by atoms with E-state index in [2.05, 4.69) is 54.8 Å². The molecule has 0 N–H and O–H groups in total. The van der Waals surface area contributed by atoms with Crippen molar-refractivity contribution in [3.8, 4) is 33.6 Å². The van der Waals surface area contributed by atoms with Gasteiger partial charge in [-0.1, -0.05) is 141 Å². The number of hydrogen-bond acceptors (Lipinski definition) is 4. The van der Waals surface area contributed by atoms with Gasteiger partial charge in [0.1, 0.15) is 0 Å². The molecule has 2 saturated carbocycles. The fraction of sp³-hybridized carbons (Fsp3) is 0.459. The average Bonchev–Trinajstić information content (AvgIpc) is 3.71. The van der Waals surface area contributed by atoms with Gasteiger partial charge in [-0.15, -0.1) is 47.5 Å². The van der Waals surface area contributed by atoms with Gasteiger partial charge in [0.2, 0.25) is 5.71 Å². The molecule has 4 aromatic heterocycles. The maximum absolute atomic E-state index is 9.25. The third kappa shape index (κ3) is 12.0. The van der Waals surface area contributed by atoms with Crippen LogP contribution in [0.4, 0.5) is 0 Å². The summed E-state index contributed by atoms with van der Waals surface area (Å²) >= 11 is 0. The first-order chi connectivity index (χ1) is 35.4. The predicted molar refractivity (Wildman–Crippen MR) is 273 cm³/mol. The Kier molecular flexibility index (Phi) is 10.4. The first-order valence-corrected chi connectivity index (χ1v) is 23.2. The van der Waals surface area contributed by atoms with Gasteiger partial charge in [-0.05, 0) is 150 Å². The van der Waals surface area contributed by atoms with Crippen molar-refractivity contribution >= 4 is 22.1 Å². The summed E-state index contributed by atoms with van der Waals surface area (Å²) in [5.74, 6) is -0.0509. The van der Waals surface area contributed by atoms with Gasteiger partial charge in [0.05, 0.1) is 5.58 Å². The molecule has 2 aliphatic rings. The van der Waals surface area contributed by atoms with Crippen molar-refractivity contribution in [3.05, 3.63) is 137 Å². The van der Waals surface area contributed by atoms with Crippen LogP contribution < -0.4 is 0 Å². The number of nitrogens with zero attached hydrogens (tertiary/aromatic N) is 3. The average molecular weight is 1070 g/mol. The number of benzene rings is 3. The van der Waals surface area contributed by atoms with Crippen LogP contribution in [0.1, 0.15) is 159 Å². The summed E-state index contributed by atoms with van der Waals surface area (Å²) < 4.78 is 107. The van der Waals surface area contributed by atoms with Crippen molar-refractivity contribution in [2.75, 3.05) is 0 Å². The van der Waals surface area contributed by atoms with Gasteiger partial charge in [-0.3, -0.25) is 0 Å². The molecule has 349 valence electrons. The van der Waals surface area contributed by atoms with Crippen molar-refractivity contribution in [1.29, 1.82) is 0 Å². The fourth-order valence-electron chi connectivity index (χ4n) is 11.1. The maximum Gasteiger partial charge on any atom is 0.216 e. The zero-order chi connectivity index (χ0) is 56.7. The van der Waals surface area contributed by atoms with Crippen LogP contribution in [0.2, 0.25) is 0 Å². The Labute approximate surface area is 427 Å². The monoisotopic (exact) mass is 1070 g/mol. The summed E-state index contributed by atoms with van der Waals surface area (Å²) in [6.45, 7) is 15.7. The molecular weight excluding hydrogens is 983 g/mol. The van der Waals surface area contributed by atoms with E-state index in [1.807, 2.05) is 42.5 Å². The number of rotatable bonds is 7. The second-order valence-corrected chi connectivity index (χ2v) is 22.4. The molecule has 2 aliphatic carbocycles. The van der Waals surface area contributed by atoms with Crippen molar-refractivity contribution in [3.63, 3.8) is 0 Å². The number of fused-ring (bicyclic) bond motifs is 3. The van der Waals surface area contributed by atoms with Crippen LogP contribution in [0.25, 0.3) is 55.7 Å². The molecule has 66 heavy (non-hydrogen) atoms. The number of aryl methyl sites for hydroxylation is 2. The number of hydrogen-bond donors (Lipinski definition) is 0. The summed E-state index contributed by atoms with van der Waals surface area (Å²) in [6, 6.07) is 30.8. The Morgan fingerprint density at radius 2 is 1.47 bits per heavy atom. The van der Waals surface area contributed by atoms with Gasteiger partial charge in [-0.2, -0.15) is 0 Å². The van der Waals surface area contributed by atoms with E-state index in [1.54, 1.807) is 78.1 Å². The molecule has 0 unspecified atom stereocenters. The number of pyridine rings is 3. The topological polar surface area (TPSA) is 51.8 Å². The summed E-state index contributed by atoms with van der Waals surface area (Å²) in [5.41, 5.74) is 4.72. The Morgan fingerprint density at radius 1 is 0.758 bits per heavy atom. The van der Waals surface area contributed by atoms with E-state index in [4.69, 9.17) is 18.1 Å². The van der Waals surface area contributed by atoms with E-state index in [0.29, 0.717) is 55.5 Å². The molecule has 4 heterocycles. The van der Waals surface area contributed by atoms with Crippen molar-refractivity contribution < 1.29 is 41.0 Å². The Balaban J connectivity index is 0.000000226. The van der Waals surface area contributed by atoms with E-state index in [9.17, 15) is 2.74 Å². The standard InChI is InChI=1S/C33H39N2O.C28H34N.Ir/c1-22-9-10-26-25-7-6-8-27(29(25)36-30(26)35-22)28-18-24(13-16-34-28)17-23-11-14-33(15-12-23)20-31(2,3)19-32(4,5)21-33;1-20-13-14-22(15-25(20)21-11-9-8-10-12-21)26-16-23(17-27(2,3)4)24(19-29-26)18-28(5,6)7;/h6-7,9-10,13,16,18,23H,11-12,14-15,17,19-21H2,1-5H3;8-13,15-16,19H,17-18H2,1-7H3;/q2*-1;/i1D3,17D2;1D3,17D2,18D2;. The summed E-state index contributed by atoms with van der Waals surface area (Å²) in [4.78, 5) is 13.4. The molecule has 0 saturated heterocycles. The Hall–Kier alpha value is -4.44. The molecule has 0 aliphatic heterocycles. The third-order valence-corrected chi connectivity index (χ3v) is 12.6. The van der Waals surface area contributed by atoms with Crippen LogP contribution in [-0.2, 0) is 39.2 Å². The van der Waals surface area contributed by atoms with E-state index in [-0.39, 0.29) is 54.1 Å². The zero-order valence-corrected chi connectivity index (χ0v) is 42.7. The fourth-order valence-corrected chi connectivity index (χ4v) is 11.1. The van der Waals surface area contributed by atoms with Crippen molar-refractivity contribution in [2.24, 2.45) is 33.0 Å². The molecule has 0 amide bonds. The van der Waals surface area contributed by atoms with E-state index >= 15 is 0 Å². The van der Waals surface area contributed by atoms with Crippen molar-refractivity contribution in [2.45, 2.75) is 147 Å². The first kappa shape index (κ1) is 35.7. The third-order valence-electron chi connectivity index (χ3n) is 12.6. The largest absolute Gasteiger partial charge is 0.486 e. The summed E-state index contributed by atoms with van der Waals surface area (Å²) in [6.07, 6.45) is 5.53. The minimum Gasteiger partial charge on any atom is -0.486 e. The molecule has 9 rings (SSSR count). The molecule has 4 nitrogen and oxygen atoms in total. The summed E-state index contributed by atoms with van der Waals surface area (Å²) in [5, 5.41) is 1.52. The molecule has 2 fully saturated rings. The zero-order valence-electron chi connectivity index (χ0n) is 52.3. The minimum absolute atomic E-state index is 0. The number of aromatic nitrogens is 3. The predicted octanol–water partition coefficient (Wildman–Crippen LogP) is 16.8. The molecule has 7 aromatic rings. The van der Waals surface area contributed by atoms with Crippen LogP contribution in [0.5, 0.6) is 0 Å². The van der Waals surface area contributed by atoms with Gasteiger partial charge < -0.3 is 14.4 Å². The SMILES string of the molecule is [2H]C([2H])([2H])c1c[c-]c(-c2cc(C([2H])([2H])C(C)(C)C)c(C([2H])([2H])C(C)(C)C)cn2)cc1-c1ccccc1.[2H]C([2H])([2H])c1ccc2c(n1)oc1c(-c3cc(C([2H])([2H])C4CCC5(CC4)CC(C)(C)CC(C)(C)C5)ccn3)[c-]ccc12.[Ir]. The van der Waals surface area contributed by atoms with E-state index in [0.717, 1.165) is 42.0 Å². The second-order valence-electron chi connectivity index (χ2n) is 22.4. The van der Waals surface area contributed by atoms with E-state index < -0.39 is 43.7 Å². The van der Waals surface area contributed by atoms with Crippen molar-refractivity contribution in [1.82, 2.24) is 15.0 Å². The summed E-state index contributed by atoms with van der Waals surface area (Å²) in [7, 11) is 0. The van der Waals surface area contributed by atoms with Crippen LogP contribution in [0.15, 0.2) is 102 Å². The molecule has 5 heteroatoms. The van der Waals surface area contributed by atoms with Gasteiger partial charge in [0.25, 0.3) is 0 Å². The van der Waals surface area contributed by atoms with Crippen LogP contribution in [0.3, 0.4) is 0 Å². The van der Waals surface area contributed by atoms with Gasteiger partial charge >= 0.3 is 0 Å². The van der Waals surface area contributed by atoms with Gasteiger partial charge in [-0.25, -0.2) is 4.98 Å². The van der Waals surface area contributed by atoms with Crippen LogP contribution in [0, 0.1) is 58.8 Å². The van der Waals surface area contributed by atoms with Crippen LogP contribution in [-0.4, -0.2) is 15.0 Å². The Bertz CT molecular complexity index is 3270. The smallest absolute Gasteiger partial charge is 0.216 e. The number of furan rings is 1. The molecule has 3 aromatic carbocycles. The quantitative estimate of drug-likeness (QED) is 0.149. The Morgan fingerprint density at radius 3 is 2.15 bits per heavy atom. The minimum atomic E-state index is -2.34. The van der Waals surface area contributed by atoms with E-state index in [1.165, 1.54) is 37.6 Å². The normalized spacial score (nSPS) is 20.8. The first-order valence-electron chi connectivity index (χ1n) is 29.2. The molecular formula is C61H73IrN3O-2. The second kappa shape index (κ2) is 19.3. The van der Waals surface area contributed by atoms with Crippen LogP contribution >= 0.6 is 0 Å². The molecule has 0 atom stereocenters. The molecule has 1 radical (unpaired) electrons.